The zero-order valence-electron chi connectivity index (χ0n) is 13.3. The first kappa shape index (κ1) is 18.9. The van der Waals surface area contributed by atoms with Crippen molar-refractivity contribution in [2.75, 3.05) is 12.4 Å². The van der Waals surface area contributed by atoms with Crippen LogP contribution in [0.1, 0.15) is 18.4 Å². The van der Waals surface area contributed by atoms with Crippen molar-refractivity contribution in [3.8, 4) is 12.1 Å². The number of carbonyl (C=O) groups excluding carboxylic acids is 2. The Labute approximate surface area is 154 Å². The molecule has 2 rings (SSSR count). The summed E-state index contributed by atoms with van der Waals surface area (Å²) >= 11 is 7.21. The number of nitrogens with zero attached hydrogens (tertiary/aromatic N) is 2. The Morgan fingerprint density at radius 1 is 1.40 bits per heavy atom. The van der Waals surface area contributed by atoms with Crippen LogP contribution < -0.4 is 5.32 Å². The number of hydrogen-bond acceptors (Lipinski definition) is 6. The fourth-order valence-electron chi connectivity index (χ4n) is 2.48. The van der Waals surface area contributed by atoms with Crippen LogP contribution in [0.5, 0.6) is 0 Å². The van der Waals surface area contributed by atoms with E-state index in [-0.39, 0.29) is 23.0 Å². The third-order valence-corrected chi connectivity index (χ3v) is 4.88. The number of amides is 1. The molecule has 0 fully saturated rings. The summed E-state index contributed by atoms with van der Waals surface area (Å²) in [5.74, 6) is -2.91. The molecule has 6 nitrogen and oxygen atoms in total. The lowest BCUT2D eigenvalue weighted by atomic mass is 9.79. The first-order chi connectivity index (χ1) is 12.0. The number of nitrogens with one attached hydrogen (secondary N) is 1. The molecule has 1 aliphatic heterocycles. The number of halogens is 1. The maximum Gasteiger partial charge on any atom is 0.316 e. The Morgan fingerprint density at radius 2 is 2.12 bits per heavy atom. The minimum atomic E-state index is -1.08. The molecule has 0 saturated heterocycles. The van der Waals surface area contributed by atoms with E-state index < -0.39 is 23.7 Å². The fourth-order valence-corrected chi connectivity index (χ4v) is 3.58. The van der Waals surface area contributed by atoms with Crippen molar-refractivity contribution in [2.45, 2.75) is 12.8 Å². The number of allylic oxidation sites excluding steroid dienone is 1. The molecular weight excluding hydrogens is 362 g/mol. The highest BCUT2D eigenvalue weighted by Crippen LogP contribution is 2.41. The highest BCUT2D eigenvalue weighted by Gasteiger charge is 2.40. The lowest BCUT2D eigenvalue weighted by Crippen LogP contribution is -2.39. The Bertz CT molecular complexity index is 810. The molecule has 1 aromatic carbocycles. The molecule has 0 aliphatic carbocycles. The summed E-state index contributed by atoms with van der Waals surface area (Å²) in [7, 11) is 0. The molecule has 0 bridgehead atoms. The summed E-state index contributed by atoms with van der Waals surface area (Å²) in [6.07, 6.45) is 0. The average molecular weight is 376 g/mol. The molecule has 1 heterocycles. The van der Waals surface area contributed by atoms with Crippen LogP contribution in [-0.2, 0) is 14.3 Å². The molecule has 1 N–H and O–H groups in total. The van der Waals surface area contributed by atoms with E-state index >= 15 is 0 Å². The van der Waals surface area contributed by atoms with Crippen molar-refractivity contribution in [1.29, 1.82) is 10.5 Å². The van der Waals surface area contributed by atoms with E-state index in [9.17, 15) is 20.1 Å². The Morgan fingerprint density at radius 3 is 2.72 bits per heavy atom. The Kier molecular flexibility index (Phi) is 6.46. The zero-order valence-corrected chi connectivity index (χ0v) is 14.9. The van der Waals surface area contributed by atoms with E-state index in [4.69, 9.17) is 16.3 Å². The zero-order chi connectivity index (χ0) is 18.4. The minimum Gasteiger partial charge on any atom is -0.465 e. The van der Waals surface area contributed by atoms with Crippen LogP contribution in [0.4, 0.5) is 0 Å². The second kappa shape index (κ2) is 8.57. The van der Waals surface area contributed by atoms with Crippen LogP contribution >= 0.6 is 23.4 Å². The topological polar surface area (TPSA) is 103 Å². The lowest BCUT2D eigenvalue weighted by molar-refractivity contribution is -0.139. The van der Waals surface area contributed by atoms with Crippen molar-refractivity contribution in [2.24, 2.45) is 5.92 Å². The molecule has 0 saturated carbocycles. The maximum absolute atomic E-state index is 12.3. The van der Waals surface area contributed by atoms with Gasteiger partial charge in [-0.3, -0.25) is 9.59 Å². The normalized spacial score (nSPS) is 19.6. The van der Waals surface area contributed by atoms with Crippen LogP contribution in [0, 0.1) is 28.6 Å². The fraction of sp³-hybridized carbons (Fsp3) is 0.294. The predicted octanol–water partition coefficient (Wildman–Crippen LogP) is 2.72. The predicted molar refractivity (Wildman–Crippen MR) is 93.2 cm³/mol. The third kappa shape index (κ3) is 4.14. The van der Waals surface area contributed by atoms with Gasteiger partial charge in [0.15, 0.2) is 0 Å². The number of esters is 1. The molecule has 2 atom stereocenters. The summed E-state index contributed by atoms with van der Waals surface area (Å²) in [5, 5.41) is 22.2. The van der Waals surface area contributed by atoms with Crippen molar-refractivity contribution in [3.63, 3.8) is 0 Å². The summed E-state index contributed by atoms with van der Waals surface area (Å²) in [4.78, 5) is 23.9. The van der Waals surface area contributed by atoms with Gasteiger partial charge in [-0.05, 0) is 18.6 Å². The largest absolute Gasteiger partial charge is 0.465 e. The van der Waals surface area contributed by atoms with E-state index in [0.29, 0.717) is 10.6 Å². The van der Waals surface area contributed by atoms with E-state index in [1.807, 2.05) is 6.07 Å². The molecule has 0 spiro atoms. The number of hydrogen-bond donors (Lipinski definition) is 1. The van der Waals surface area contributed by atoms with Crippen molar-refractivity contribution in [3.05, 3.63) is 45.5 Å². The summed E-state index contributed by atoms with van der Waals surface area (Å²) in [6, 6.07) is 10.8. The van der Waals surface area contributed by atoms with Gasteiger partial charge in [-0.1, -0.05) is 41.6 Å². The lowest BCUT2D eigenvalue weighted by Gasteiger charge is -2.29. The average Bonchev–Trinajstić information content (AvgIpc) is 2.60. The van der Waals surface area contributed by atoms with E-state index in [2.05, 4.69) is 11.4 Å². The van der Waals surface area contributed by atoms with Gasteiger partial charge in [0.25, 0.3) is 0 Å². The molecule has 1 amide bonds. The monoisotopic (exact) mass is 375 g/mol. The highest BCUT2D eigenvalue weighted by atomic mass is 35.5. The van der Waals surface area contributed by atoms with Gasteiger partial charge in [0.1, 0.15) is 5.92 Å². The molecule has 25 heavy (non-hydrogen) atoms. The molecule has 128 valence electrons. The van der Waals surface area contributed by atoms with Crippen molar-refractivity contribution in [1.82, 2.24) is 5.32 Å². The summed E-state index contributed by atoms with van der Waals surface area (Å²) in [6.45, 7) is 1.94. The van der Waals surface area contributed by atoms with Gasteiger partial charge in [0, 0.05) is 10.9 Å². The molecule has 8 heteroatoms. The molecule has 0 aromatic heterocycles. The smallest absolute Gasteiger partial charge is 0.316 e. The van der Waals surface area contributed by atoms with Gasteiger partial charge < -0.3 is 10.1 Å². The first-order valence-corrected chi connectivity index (χ1v) is 8.77. The minimum absolute atomic E-state index is 0.0545. The SMILES string of the molecule is CCOC(=O)CSC1=C(C#N)[C@H](c2ccccc2Cl)[C@H](C#N)C(=O)N1. The Balaban J connectivity index is 2.45. The molecule has 0 unspecified atom stereocenters. The van der Waals surface area contributed by atoms with E-state index in [1.165, 1.54) is 0 Å². The number of carbonyl (C=O) groups is 2. The second-order valence-corrected chi connectivity index (χ2v) is 6.44. The molecule has 1 aliphatic rings. The van der Waals surface area contributed by atoms with Crippen molar-refractivity contribution < 1.29 is 14.3 Å². The highest BCUT2D eigenvalue weighted by molar-refractivity contribution is 8.03. The number of nitriles is 2. The van der Waals surface area contributed by atoms with Crippen LogP contribution in [-0.4, -0.2) is 24.2 Å². The number of ether oxygens (including phenoxy) is 1. The molecular formula is C17H14ClN3O3S. The standard InChI is InChI=1S/C17H14ClN3O3S/c1-2-24-14(22)9-25-17-12(8-20)15(11(7-19)16(23)21-17)10-5-3-4-6-13(10)18/h3-6,11,15H,2,9H2,1H3,(H,21,23)/t11-,15+/m0/s1. The van der Waals surface area contributed by atoms with Crippen LogP contribution in [0.3, 0.4) is 0 Å². The van der Waals surface area contributed by atoms with Gasteiger partial charge in [-0.25, -0.2) is 0 Å². The summed E-state index contributed by atoms with van der Waals surface area (Å²) < 4.78 is 4.85. The van der Waals surface area contributed by atoms with Crippen LogP contribution in [0.15, 0.2) is 34.9 Å². The molecule has 0 radical (unpaired) electrons. The summed E-state index contributed by atoms with van der Waals surface area (Å²) in [5.41, 5.74) is 0.727. The number of benzene rings is 1. The van der Waals surface area contributed by atoms with Crippen LogP contribution in [0.25, 0.3) is 0 Å². The molecule has 1 aromatic rings. The second-order valence-electron chi connectivity index (χ2n) is 5.04. The van der Waals surface area contributed by atoms with Crippen LogP contribution in [0.2, 0.25) is 5.02 Å². The van der Waals surface area contributed by atoms with Gasteiger partial charge in [-0.2, -0.15) is 10.5 Å². The van der Waals surface area contributed by atoms with Gasteiger partial charge in [-0.15, -0.1) is 0 Å². The first-order valence-electron chi connectivity index (χ1n) is 7.41. The number of rotatable bonds is 5. The van der Waals surface area contributed by atoms with Gasteiger partial charge in [0.05, 0.1) is 35.1 Å². The van der Waals surface area contributed by atoms with E-state index in [0.717, 1.165) is 11.8 Å². The van der Waals surface area contributed by atoms with Crippen molar-refractivity contribution >= 4 is 35.2 Å². The number of thioether (sulfide) groups is 1. The maximum atomic E-state index is 12.3. The van der Waals surface area contributed by atoms with E-state index in [1.54, 1.807) is 31.2 Å². The third-order valence-electron chi connectivity index (χ3n) is 3.55. The quantitative estimate of drug-likeness (QED) is 0.793. The van der Waals surface area contributed by atoms with Gasteiger partial charge in [0.2, 0.25) is 5.91 Å². The van der Waals surface area contributed by atoms with Gasteiger partial charge >= 0.3 is 5.97 Å². The Hall–Kier alpha value is -2.48.